The Bertz CT molecular complexity index is 389. The van der Waals surface area contributed by atoms with Gasteiger partial charge in [-0.15, -0.1) is 0 Å². The molecule has 1 unspecified atom stereocenters. The van der Waals surface area contributed by atoms with E-state index < -0.39 is 0 Å². The van der Waals surface area contributed by atoms with Crippen LogP contribution in [0.5, 0.6) is 11.5 Å². The number of fused-ring (bicyclic) bond motifs is 1. The first-order valence-corrected chi connectivity index (χ1v) is 5.19. The summed E-state index contributed by atoms with van der Waals surface area (Å²) in [5.41, 5.74) is 10.6. The maximum absolute atomic E-state index is 5.76. The molecule has 1 aromatic carbocycles. The van der Waals surface area contributed by atoms with Crippen molar-refractivity contribution >= 4 is 5.96 Å². The van der Waals surface area contributed by atoms with Crippen LogP contribution in [0.15, 0.2) is 29.3 Å². The molecule has 1 atom stereocenters. The number of para-hydroxylation sites is 2. The highest BCUT2D eigenvalue weighted by Gasteiger charge is 2.17. The molecule has 0 saturated heterocycles. The summed E-state index contributed by atoms with van der Waals surface area (Å²) in [5, 5.41) is 0. The van der Waals surface area contributed by atoms with E-state index in [9.17, 15) is 0 Å². The largest absolute Gasteiger partial charge is 0.490 e. The van der Waals surface area contributed by atoms with Crippen molar-refractivity contribution in [3.05, 3.63) is 24.3 Å². The molecule has 2 rings (SSSR count). The van der Waals surface area contributed by atoms with Crippen LogP contribution in [-0.2, 0) is 0 Å². The first-order valence-electron chi connectivity index (χ1n) is 5.19. The molecule has 4 N–H and O–H groups in total. The Kier molecular flexibility index (Phi) is 3.14. The van der Waals surface area contributed by atoms with E-state index in [0.717, 1.165) is 17.9 Å². The van der Waals surface area contributed by atoms with Crippen LogP contribution in [-0.4, -0.2) is 25.2 Å². The third-order valence-corrected chi connectivity index (χ3v) is 2.32. The minimum Gasteiger partial charge on any atom is -0.490 e. The molecule has 0 radical (unpaired) electrons. The van der Waals surface area contributed by atoms with E-state index in [0.29, 0.717) is 13.2 Å². The first kappa shape index (κ1) is 10.6. The Morgan fingerprint density at radius 1 is 1.31 bits per heavy atom. The Morgan fingerprint density at radius 3 is 2.81 bits per heavy atom. The van der Waals surface area contributed by atoms with Gasteiger partial charge in [-0.25, -0.2) is 4.99 Å². The fraction of sp³-hybridized carbons (Fsp3) is 0.364. The number of guanidine groups is 1. The number of rotatable bonds is 2. The standard InChI is InChI=1S/C11H15N3O2/c12-11(13)14-7-8-5-6-15-9-3-1-2-4-10(9)16-8/h1-4,8H,5-7H2,(H4,12,13,14). The predicted octanol–water partition coefficient (Wildman–Crippen LogP) is 0.490. The van der Waals surface area contributed by atoms with Crippen LogP contribution >= 0.6 is 0 Å². The lowest BCUT2D eigenvalue weighted by molar-refractivity contribution is 0.199. The zero-order chi connectivity index (χ0) is 11.4. The molecule has 0 spiro atoms. The molecule has 0 saturated carbocycles. The lowest BCUT2D eigenvalue weighted by Crippen LogP contribution is -2.27. The Hall–Kier alpha value is -1.91. The van der Waals surface area contributed by atoms with Gasteiger partial charge in [0, 0.05) is 6.42 Å². The first-order chi connectivity index (χ1) is 7.75. The molecule has 1 aromatic rings. The number of aliphatic imine (C=N–C) groups is 1. The predicted molar refractivity (Wildman–Crippen MR) is 61.6 cm³/mol. The van der Waals surface area contributed by atoms with Gasteiger partial charge < -0.3 is 20.9 Å². The van der Waals surface area contributed by atoms with Gasteiger partial charge in [0.25, 0.3) is 0 Å². The summed E-state index contributed by atoms with van der Waals surface area (Å²) in [5.74, 6) is 1.60. The molecule has 0 aromatic heterocycles. The zero-order valence-electron chi connectivity index (χ0n) is 8.93. The fourth-order valence-corrected chi connectivity index (χ4v) is 1.54. The van der Waals surface area contributed by atoms with Crippen LogP contribution in [0.4, 0.5) is 0 Å². The number of nitrogens with two attached hydrogens (primary N) is 2. The topological polar surface area (TPSA) is 82.9 Å². The quantitative estimate of drug-likeness (QED) is 0.562. The van der Waals surface area contributed by atoms with Crippen molar-refractivity contribution in [1.29, 1.82) is 0 Å². The maximum atomic E-state index is 5.76. The van der Waals surface area contributed by atoms with Crippen molar-refractivity contribution in [1.82, 2.24) is 0 Å². The summed E-state index contributed by atoms with van der Waals surface area (Å²) in [6, 6.07) is 7.59. The van der Waals surface area contributed by atoms with E-state index in [4.69, 9.17) is 20.9 Å². The normalized spacial score (nSPS) is 18.6. The van der Waals surface area contributed by atoms with Crippen molar-refractivity contribution < 1.29 is 9.47 Å². The lowest BCUT2D eigenvalue weighted by atomic mass is 10.2. The Balaban J connectivity index is 2.08. The van der Waals surface area contributed by atoms with E-state index in [-0.39, 0.29) is 12.1 Å². The molecule has 5 nitrogen and oxygen atoms in total. The molecule has 86 valence electrons. The summed E-state index contributed by atoms with van der Waals surface area (Å²) in [6.07, 6.45) is 0.733. The van der Waals surface area contributed by atoms with Crippen LogP contribution in [0.3, 0.4) is 0 Å². The molecule has 0 bridgehead atoms. The highest BCUT2D eigenvalue weighted by molar-refractivity contribution is 5.75. The van der Waals surface area contributed by atoms with Crippen molar-refractivity contribution in [3.8, 4) is 11.5 Å². The molecule has 0 fully saturated rings. The molecule has 5 heteroatoms. The summed E-state index contributed by atoms with van der Waals surface area (Å²) in [6.45, 7) is 1.07. The number of nitrogens with zero attached hydrogens (tertiary/aromatic N) is 1. The van der Waals surface area contributed by atoms with Gasteiger partial charge in [0.05, 0.1) is 13.2 Å². The molecule has 1 aliphatic rings. The van der Waals surface area contributed by atoms with Crippen molar-refractivity contribution in [3.63, 3.8) is 0 Å². The van der Waals surface area contributed by atoms with Crippen LogP contribution in [0, 0.1) is 0 Å². The minimum absolute atomic E-state index is 0.0363. The summed E-state index contributed by atoms with van der Waals surface area (Å²) < 4.78 is 11.3. The van der Waals surface area contributed by atoms with Gasteiger partial charge in [0.15, 0.2) is 17.5 Å². The Morgan fingerprint density at radius 2 is 2.06 bits per heavy atom. The molecule has 1 aliphatic heterocycles. The van der Waals surface area contributed by atoms with Crippen molar-refractivity contribution in [2.75, 3.05) is 13.2 Å². The SMILES string of the molecule is NC(N)=NCC1CCOc2ccccc2O1. The number of hydrogen-bond donors (Lipinski definition) is 2. The highest BCUT2D eigenvalue weighted by atomic mass is 16.5. The van der Waals surface area contributed by atoms with Crippen LogP contribution in [0.1, 0.15) is 6.42 Å². The summed E-state index contributed by atoms with van der Waals surface area (Å²) in [4.78, 5) is 3.95. The zero-order valence-corrected chi connectivity index (χ0v) is 8.93. The molecular weight excluding hydrogens is 206 g/mol. The van der Waals surface area contributed by atoms with Crippen LogP contribution < -0.4 is 20.9 Å². The van der Waals surface area contributed by atoms with E-state index >= 15 is 0 Å². The van der Waals surface area contributed by atoms with Gasteiger partial charge in [-0.05, 0) is 12.1 Å². The van der Waals surface area contributed by atoms with Gasteiger partial charge in [-0.1, -0.05) is 12.1 Å². The molecule has 1 heterocycles. The number of ether oxygens (including phenoxy) is 2. The third-order valence-electron chi connectivity index (χ3n) is 2.32. The van der Waals surface area contributed by atoms with Gasteiger partial charge in [0.1, 0.15) is 6.10 Å². The minimum atomic E-state index is -0.0363. The van der Waals surface area contributed by atoms with E-state index in [1.165, 1.54) is 0 Å². The van der Waals surface area contributed by atoms with Gasteiger partial charge >= 0.3 is 0 Å². The average Bonchev–Trinajstić information content (AvgIpc) is 2.47. The molecule has 16 heavy (non-hydrogen) atoms. The van der Waals surface area contributed by atoms with Crippen LogP contribution in [0.25, 0.3) is 0 Å². The van der Waals surface area contributed by atoms with E-state index in [1.807, 2.05) is 24.3 Å². The summed E-state index contributed by atoms with van der Waals surface area (Å²) >= 11 is 0. The Labute approximate surface area is 94.1 Å². The van der Waals surface area contributed by atoms with E-state index in [1.54, 1.807) is 0 Å². The molecule has 0 amide bonds. The molecule has 0 aliphatic carbocycles. The van der Waals surface area contributed by atoms with Gasteiger partial charge in [-0.2, -0.15) is 0 Å². The summed E-state index contributed by atoms with van der Waals surface area (Å²) in [7, 11) is 0. The van der Waals surface area contributed by atoms with Gasteiger partial charge in [-0.3, -0.25) is 0 Å². The second kappa shape index (κ2) is 4.74. The van der Waals surface area contributed by atoms with Crippen molar-refractivity contribution in [2.45, 2.75) is 12.5 Å². The third kappa shape index (κ3) is 2.56. The smallest absolute Gasteiger partial charge is 0.186 e. The second-order valence-corrected chi connectivity index (χ2v) is 3.59. The number of hydrogen-bond acceptors (Lipinski definition) is 3. The average molecular weight is 221 g/mol. The van der Waals surface area contributed by atoms with Gasteiger partial charge in [0.2, 0.25) is 0 Å². The monoisotopic (exact) mass is 221 g/mol. The lowest BCUT2D eigenvalue weighted by Gasteiger charge is -2.13. The van der Waals surface area contributed by atoms with Crippen LogP contribution in [0.2, 0.25) is 0 Å². The van der Waals surface area contributed by atoms with Crippen molar-refractivity contribution in [2.24, 2.45) is 16.5 Å². The highest BCUT2D eigenvalue weighted by Crippen LogP contribution is 2.30. The second-order valence-electron chi connectivity index (χ2n) is 3.59. The number of benzene rings is 1. The van der Waals surface area contributed by atoms with E-state index in [2.05, 4.69) is 4.99 Å². The fourth-order valence-electron chi connectivity index (χ4n) is 1.54. The molecular formula is C11H15N3O2. The maximum Gasteiger partial charge on any atom is 0.186 e.